The number of carbonyl (C=O) groups excluding carboxylic acids is 2. The number of nitrogens with zero attached hydrogens (tertiary/aromatic N) is 2. The third-order valence-corrected chi connectivity index (χ3v) is 8.28. The van der Waals surface area contributed by atoms with Gasteiger partial charge < -0.3 is 14.8 Å². The molecule has 240 valence electrons. The van der Waals surface area contributed by atoms with Crippen molar-refractivity contribution in [3.8, 4) is 11.5 Å². The number of halogens is 4. The molecule has 0 unspecified atom stereocenters. The van der Waals surface area contributed by atoms with E-state index in [4.69, 9.17) is 21.1 Å². The Morgan fingerprint density at radius 1 is 0.913 bits per heavy atom. The van der Waals surface area contributed by atoms with E-state index in [2.05, 4.69) is 15.8 Å². The van der Waals surface area contributed by atoms with Crippen molar-refractivity contribution in [1.82, 2.24) is 5.43 Å². The summed E-state index contributed by atoms with van der Waals surface area (Å²) >= 11 is 6.13. The molecule has 46 heavy (non-hydrogen) atoms. The van der Waals surface area contributed by atoms with E-state index in [0.717, 1.165) is 6.07 Å². The Morgan fingerprint density at radius 3 is 2.20 bits per heavy atom. The van der Waals surface area contributed by atoms with Crippen LogP contribution in [0.3, 0.4) is 0 Å². The lowest BCUT2D eigenvalue weighted by Gasteiger charge is -2.25. The van der Waals surface area contributed by atoms with Crippen molar-refractivity contribution in [3.05, 3.63) is 113 Å². The van der Waals surface area contributed by atoms with Crippen LogP contribution in [0.1, 0.15) is 11.1 Å². The lowest BCUT2D eigenvalue weighted by atomic mass is 10.2. The predicted octanol–water partition coefficient (Wildman–Crippen LogP) is 5.73. The minimum absolute atomic E-state index is 0.256. The van der Waals surface area contributed by atoms with Crippen molar-refractivity contribution < 1.29 is 40.7 Å². The van der Waals surface area contributed by atoms with Crippen molar-refractivity contribution in [2.24, 2.45) is 5.10 Å². The molecule has 10 nitrogen and oxygen atoms in total. The van der Waals surface area contributed by atoms with Gasteiger partial charge in [-0.15, -0.1) is 0 Å². The summed E-state index contributed by atoms with van der Waals surface area (Å²) in [4.78, 5) is 24.7. The van der Waals surface area contributed by atoms with Gasteiger partial charge >= 0.3 is 6.18 Å². The van der Waals surface area contributed by atoms with Crippen molar-refractivity contribution >= 4 is 51.0 Å². The normalized spacial score (nSPS) is 11.6. The number of benzene rings is 4. The number of hydrogen-bond donors (Lipinski definition) is 2. The Hall–Kier alpha value is -5.08. The van der Waals surface area contributed by atoms with Crippen LogP contribution in [0.5, 0.6) is 11.5 Å². The maximum atomic E-state index is 13.4. The summed E-state index contributed by atoms with van der Waals surface area (Å²) in [5.41, 5.74) is 1.56. The molecule has 0 fully saturated rings. The molecule has 0 saturated heterocycles. The average molecular weight is 675 g/mol. The first-order chi connectivity index (χ1) is 21.9. The topological polar surface area (TPSA) is 126 Å². The summed E-state index contributed by atoms with van der Waals surface area (Å²) in [6, 6.07) is 22.1. The lowest BCUT2D eigenvalue weighted by Crippen LogP contribution is -2.40. The fourth-order valence-corrected chi connectivity index (χ4v) is 5.64. The van der Waals surface area contributed by atoms with Gasteiger partial charge in [0.1, 0.15) is 18.0 Å². The molecule has 4 aromatic carbocycles. The zero-order valence-corrected chi connectivity index (χ0v) is 25.6. The van der Waals surface area contributed by atoms with Crippen LogP contribution in [-0.2, 0) is 25.8 Å². The van der Waals surface area contributed by atoms with Crippen LogP contribution in [0.2, 0.25) is 5.02 Å². The Kier molecular flexibility index (Phi) is 10.9. The van der Waals surface area contributed by atoms with Gasteiger partial charge in [0.25, 0.3) is 21.8 Å². The van der Waals surface area contributed by atoms with E-state index in [9.17, 15) is 31.2 Å². The zero-order valence-electron chi connectivity index (χ0n) is 24.0. The molecular formula is C31H26ClF3N4O6S. The van der Waals surface area contributed by atoms with Gasteiger partial charge in [-0.05, 0) is 84.4 Å². The van der Waals surface area contributed by atoms with Crippen molar-refractivity contribution in [3.63, 3.8) is 0 Å². The number of sulfonamides is 1. The number of alkyl halides is 3. The smallest absolute Gasteiger partial charge is 0.416 e. The Bertz CT molecular complexity index is 1810. The molecule has 15 heteroatoms. The van der Waals surface area contributed by atoms with E-state index in [1.165, 1.54) is 37.6 Å². The van der Waals surface area contributed by atoms with Crippen LogP contribution in [0.4, 0.5) is 24.5 Å². The maximum Gasteiger partial charge on any atom is 0.416 e. The average Bonchev–Trinajstić information content (AvgIpc) is 3.04. The van der Waals surface area contributed by atoms with Gasteiger partial charge in [0.05, 0.1) is 34.5 Å². The molecule has 0 saturated carbocycles. The lowest BCUT2D eigenvalue weighted by molar-refractivity contribution is -0.137. The largest absolute Gasteiger partial charge is 0.497 e. The van der Waals surface area contributed by atoms with Crippen LogP contribution in [0.15, 0.2) is 107 Å². The van der Waals surface area contributed by atoms with Crippen molar-refractivity contribution in [2.45, 2.75) is 11.1 Å². The monoisotopic (exact) mass is 674 g/mol. The van der Waals surface area contributed by atoms with Gasteiger partial charge in [-0.25, -0.2) is 13.8 Å². The molecule has 0 aliphatic carbocycles. The number of rotatable bonds is 12. The minimum atomic E-state index is -4.79. The van der Waals surface area contributed by atoms with Crippen LogP contribution < -0.4 is 24.5 Å². The second kappa shape index (κ2) is 14.8. The summed E-state index contributed by atoms with van der Waals surface area (Å²) in [7, 11) is -2.99. The van der Waals surface area contributed by atoms with Crippen LogP contribution in [0.25, 0.3) is 0 Å². The SMILES string of the molecule is COc1ccc(NC(=O)COc2ccc(/C=N\NC(=O)CN(c3cc(C(F)(F)F)ccc3Cl)S(=O)(=O)c3ccccc3)cc2)cc1. The first kappa shape index (κ1) is 33.8. The van der Waals surface area contributed by atoms with Gasteiger partial charge in [-0.3, -0.25) is 13.9 Å². The van der Waals surface area contributed by atoms with E-state index < -0.39 is 39.9 Å². The Labute approximate surface area is 267 Å². The summed E-state index contributed by atoms with van der Waals surface area (Å²) < 4.78 is 78.3. The van der Waals surface area contributed by atoms with Crippen molar-refractivity contribution in [1.29, 1.82) is 0 Å². The molecule has 0 spiro atoms. The van der Waals surface area contributed by atoms with Crippen LogP contribution in [-0.4, -0.2) is 46.7 Å². The first-order valence-electron chi connectivity index (χ1n) is 13.3. The third kappa shape index (κ3) is 8.99. The maximum absolute atomic E-state index is 13.4. The predicted molar refractivity (Wildman–Crippen MR) is 167 cm³/mol. The summed E-state index contributed by atoms with van der Waals surface area (Å²) in [6.07, 6.45) is -3.54. The van der Waals surface area contributed by atoms with Crippen LogP contribution >= 0.6 is 11.6 Å². The van der Waals surface area contributed by atoms with Crippen LogP contribution in [0, 0.1) is 0 Å². The second-order valence-electron chi connectivity index (χ2n) is 9.42. The molecule has 4 rings (SSSR count). The molecule has 4 aromatic rings. The van der Waals surface area contributed by atoms with E-state index >= 15 is 0 Å². The molecule has 2 N–H and O–H groups in total. The third-order valence-electron chi connectivity index (χ3n) is 6.19. The summed E-state index contributed by atoms with van der Waals surface area (Å²) in [6.45, 7) is -1.19. The first-order valence-corrected chi connectivity index (χ1v) is 15.1. The van der Waals surface area contributed by atoms with E-state index in [1.54, 1.807) is 54.6 Å². The highest BCUT2D eigenvalue weighted by molar-refractivity contribution is 7.92. The van der Waals surface area contributed by atoms with Gasteiger partial charge in [0, 0.05) is 5.69 Å². The summed E-state index contributed by atoms with van der Waals surface area (Å²) in [5, 5.41) is 6.19. The van der Waals surface area contributed by atoms with Crippen molar-refractivity contribution in [2.75, 3.05) is 29.9 Å². The van der Waals surface area contributed by atoms with E-state index in [-0.39, 0.29) is 22.4 Å². The Morgan fingerprint density at radius 2 is 1.57 bits per heavy atom. The fourth-order valence-electron chi connectivity index (χ4n) is 3.91. The highest BCUT2D eigenvalue weighted by Crippen LogP contribution is 2.37. The quantitative estimate of drug-likeness (QED) is 0.146. The molecule has 0 bridgehead atoms. The number of carbonyl (C=O) groups is 2. The number of ether oxygens (including phenoxy) is 2. The highest BCUT2D eigenvalue weighted by atomic mass is 35.5. The molecular weight excluding hydrogens is 649 g/mol. The molecule has 2 amide bonds. The molecule has 0 aromatic heterocycles. The number of hydrazone groups is 1. The van der Waals surface area contributed by atoms with Gasteiger partial charge in [0.2, 0.25) is 0 Å². The number of amides is 2. The molecule has 0 radical (unpaired) electrons. The van der Waals surface area contributed by atoms with E-state index in [0.29, 0.717) is 39.2 Å². The summed E-state index contributed by atoms with van der Waals surface area (Å²) in [5.74, 6) is -0.304. The molecule has 0 aliphatic heterocycles. The minimum Gasteiger partial charge on any atom is -0.497 e. The standard InChI is InChI=1S/C31H26ClF3N4O6S/c1-44-24-14-10-23(11-15-24)37-30(41)20-45-25-12-7-21(8-13-25)18-36-38-29(40)19-39(46(42,43)26-5-3-2-4-6-26)28-17-22(31(33,34)35)9-16-27(28)32/h2-18H,19-20H2,1H3,(H,37,41)(H,38,40)/b36-18-. The number of nitrogens with one attached hydrogen (secondary N) is 2. The molecule has 0 atom stereocenters. The fraction of sp³-hybridized carbons (Fsp3) is 0.129. The highest BCUT2D eigenvalue weighted by Gasteiger charge is 2.34. The van der Waals surface area contributed by atoms with Gasteiger partial charge in [0.15, 0.2) is 6.61 Å². The number of methoxy groups -OCH3 is 1. The van der Waals surface area contributed by atoms with E-state index in [1.807, 2.05) is 0 Å². The Balaban J connectivity index is 1.40. The number of anilines is 2. The molecule has 0 heterocycles. The molecule has 0 aliphatic rings. The van der Waals surface area contributed by atoms with Gasteiger partial charge in [-0.1, -0.05) is 29.8 Å². The zero-order chi connectivity index (χ0) is 33.3. The second-order valence-corrected chi connectivity index (χ2v) is 11.7. The number of hydrogen-bond acceptors (Lipinski definition) is 7. The van der Waals surface area contributed by atoms with Gasteiger partial charge in [-0.2, -0.15) is 18.3 Å².